The summed E-state index contributed by atoms with van der Waals surface area (Å²) in [5.74, 6) is 0.687. The summed E-state index contributed by atoms with van der Waals surface area (Å²) in [6.45, 7) is 4.55. The van der Waals surface area contributed by atoms with Gasteiger partial charge in [-0.05, 0) is 44.6 Å². The summed E-state index contributed by atoms with van der Waals surface area (Å²) in [6, 6.07) is 1.03. The number of amides is 1. The Hall–Kier alpha value is -0.610. The molecule has 1 saturated carbocycles. The van der Waals surface area contributed by atoms with Crippen molar-refractivity contribution in [1.29, 1.82) is 0 Å². The van der Waals surface area contributed by atoms with Crippen molar-refractivity contribution >= 4 is 5.91 Å². The van der Waals surface area contributed by atoms with Gasteiger partial charge in [0.05, 0.1) is 5.92 Å². The number of fused-ring (bicyclic) bond motifs is 1. The summed E-state index contributed by atoms with van der Waals surface area (Å²) in [6.07, 6.45) is 6.97. The number of rotatable bonds is 2. The predicted octanol–water partition coefficient (Wildman–Crippen LogP) is 1.10. The van der Waals surface area contributed by atoms with Crippen molar-refractivity contribution in [3.8, 4) is 0 Å². The van der Waals surface area contributed by atoms with Gasteiger partial charge in [-0.1, -0.05) is 13.3 Å². The molecular weight excluding hydrogens is 238 g/mol. The highest BCUT2D eigenvalue weighted by atomic mass is 16.2. The minimum Gasteiger partial charge on any atom is -0.351 e. The van der Waals surface area contributed by atoms with Gasteiger partial charge in [0.2, 0.25) is 5.91 Å². The molecule has 1 aliphatic carbocycles. The van der Waals surface area contributed by atoms with Crippen molar-refractivity contribution in [3.05, 3.63) is 0 Å². The zero-order valence-electron chi connectivity index (χ0n) is 12.0. The van der Waals surface area contributed by atoms with Gasteiger partial charge in [-0.2, -0.15) is 0 Å². The smallest absolute Gasteiger partial charge is 0.225 e. The topological polar surface area (TPSA) is 58.4 Å². The molecule has 3 N–H and O–H groups in total. The van der Waals surface area contributed by atoms with Gasteiger partial charge in [-0.25, -0.2) is 0 Å². The second kappa shape index (κ2) is 5.41. The molecule has 3 rings (SSSR count). The van der Waals surface area contributed by atoms with Crippen LogP contribution in [0.2, 0.25) is 0 Å². The minimum absolute atomic E-state index is 0.0317. The lowest BCUT2D eigenvalue weighted by atomic mass is 9.76. The molecule has 4 heteroatoms. The number of nitrogens with two attached hydrogens (primary N) is 1. The molecule has 2 saturated heterocycles. The monoisotopic (exact) mass is 265 g/mol. The summed E-state index contributed by atoms with van der Waals surface area (Å²) in [5.41, 5.74) is 6.18. The lowest BCUT2D eigenvalue weighted by Crippen LogP contribution is -2.51. The van der Waals surface area contributed by atoms with Crippen molar-refractivity contribution in [3.63, 3.8) is 0 Å². The van der Waals surface area contributed by atoms with Gasteiger partial charge in [0, 0.05) is 24.7 Å². The Balaban J connectivity index is 1.61. The van der Waals surface area contributed by atoms with Crippen LogP contribution in [0.25, 0.3) is 0 Å². The first kappa shape index (κ1) is 13.4. The number of carbonyl (C=O) groups is 1. The van der Waals surface area contributed by atoms with Crippen LogP contribution in [0.3, 0.4) is 0 Å². The molecule has 0 aromatic heterocycles. The normalized spacial score (nSPS) is 43.2. The summed E-state index contributed by atoms with van der Waals surface area (Å²) in [4.78, 5) is 15.1. The first-order valence-corrected chi connectivity index (χ1v) is 7.97. The van der Waals surface area contributed by atoms with E-state index in [1.807, 2.05) is 0 Å². The van der Waals surface area contributed by atoms with Gasteiger partial charge in [-0.3, -0.25) is 9.69 Å². The van der Waals surface area contributed by atoms with Crippen LogP contribution in [0.5, 0.6) is 0 Å². The number of carbonyl (C=O) groups excluding carboxylic acids is 1. The molecule has 108 valence electrons. The molecule has 5 atom stereocenters. The third kappa shape index (κ3) is 2.52. The summed E-state index contributed by atoms with van der Waals surface area (Å²) < 4.78 is 0. The largest absolute Gasteiger partial charge is 0.351 e. The molecule has 0 spiro atoms. The number of nitrogens with zero attached hydrogens (tertiary/aromatic N) is 1. The maximum Gasteiger partial charge on any atom is 0.225 e. The molecule has 0 bridgehead atoms. The van der Waals surface area contributed by atoms with Gasteiger partial charge in [0.15, 0.2) is 0 Å². The van der Waals surface area contributed by atoms with Crippen LogP contribution in [0.1, 0.15) is 45.4 Å². The third-order valence-electron chi connectivity index (χ3n) is 5.51. The van der Waals surface area contributed by atoms with Crippen LogP contribution < -0.4 is 11.1 Å². The van der Waals surface area contributed by atoms with Gasteiger partial charge < -0.3 is 11.1 Å². The van der Waals surface area contributed by atoms with E-state index in [0.717, 1.165) is 25.8 Å². The fraction of sp³-hybridized carbons (Fsp3) is 0.933. The lowest BCUT2D eigenvalue weighted by Gasteiger charge is -2.34. The average Bonchev–Trinajstić information content (AvgIpc) is 2.94. The van der Waals surface area contributed by atoms with E-state index in [-0.39, 0.29) is 17.9 Å². The molecular formula is C15H27N3O. The fourth-order valence-corrected chi connectivity index (χ4v) is 4.44. The Morgan fingerprint density at radius 3 is 2.79 bits per heavy atom. The van der Waals surface area contributed by atoms with Gasteiger partial charge in [0.1, 0.15) is 0 Å². The maximum absolute atomic E-state index is 12.6. The van der Waals surface area contributed by atoms with Crippen LogP contribution in [-0.2, 0) is 4.79 Å². The Labute approximate surface area is 116 Å². The molecule has 1 amide bonds. The predicted molar refractivity (Wildman–Crippen MR) is 75.6 cm³/mol. The number of nitrogens with one attached hydrogen (secondary N) is 1. The molecule has 3 aliphatic rings. The maximum atomic E-state index is 12.6. The van der Waals surface area contributed by atoms with Gasteiger partial charge in [-0.15, -0.1) is 0 Å². The second-order valence-corrected chi connectivity index (χ2v) is 6.75. The average molecular weight is 265 g/mol. The summed E-state index contributed by atoms with van der Waals surface area (Å²) in [7, 11) is 0. The summed E-state index contributed by atoms with van der Waals surface area (Å²) in [5, 5.41) is 3.32. The van der Waals surface area contributed by atoms with E-state index < -0.39 is 0 Å². The van der Waals surface area contributed by atoms with Crippen LogP contribution >= 0.6 is 0 Å². The highest BCUT2D eigenvalue weighted by molar-refractivity contribution is 5.80. The van der Waals surface area contributed by atoms with E-state index in [2.05, 4.69) is 17.1 Å². The van der Waals surface area contributed by atoms with Crippen molar-refractivity contribution < 1.29 is 4.79 Å². The van der Waals surface area contributed by atoms with E-state index in [0.29, 0.717) is 18.0 Å². The highest BCUT2D eigenvalue weighted by Gasteiger charge is 2.40. The Kier molecular flexibility index (Phi) is 3.81. The van der Waals surface area contributed by atoms with Crippen molar-refractivity contribution in [2.75, 3.05) is 13.1 Å². The molecule has 0 aromatic carbocycles. The molecule has 19 heavy (non-hydrogen) atoms. The first-order valence-electron chi connectivity index (χ1n) is 7.97. The SMILES string of the molecule is CC1CCCC(N)C1C(=O)NC1CCN2CCCC12. The molecule has 2 aliphatic heterocycles. The number of hydrogen-bond donors (Lipinski definition) is 2. The zero-order valence-corrected chi connectivity index (χ0v) is 12.0. The van der Waals surface area contributed by atoms with Crippen molar-refractivity contribution in [2.45, 2.75) is 63.6 Å². The van der Waals surface area contributed by atoms with Crippen LogP contribution in [0.4, 0.5) is 0 Å². The van der Waals surface area contributed by atoms with Crippen LogP contribution in [-0.4, -0.2) is 42.0 Å². The fourth-order valence-electron chi connectivity index (χ4n) is 4.44. The molecule has 0 radical (unpaired) electrons. The van der Waals surface area contributed by atoms with Crippen molar-refractivity contribution in [1.82, 2.24) is 10.2 Å². The van der Waals surface area contributed by atoms with Crippen molar-refractivity contribution in [2.24, 2.45) is 17.6 Å². The van der Waals surface area contributed by atoms with E-state index in [4.69, 9.17) is 5.73 Å². The quantitative estimate of drug-likeness (QED) is 0.786. The second-order valence-electron chi connectivity index (χ2n) is 6.75. The first-order chi connectivity index (χ1) is 9.16. The molecule has 0 aromatic rings. The van der Waals surface area contributed by atoms with E-state index in [1.54, 1.807) is 0 Å². The molecule has 3 fully saturated rings. The minimum atomic E-state index is 0.0317. The van der Waals surface area contributed by atoms with Gasteiger partial charge in [0.25, 0.3) is 0 Å². The lowest BCUT2D eigenvalue weighted by molar-refractivity contribution is -0.129. The molecule has 2 heterocycles. The van der Waals surface area contributed by atoms with Crippen LogP contribution in [0, 0.1) is 11.8 Å². The standard InChI is InChI=1S/C15H27N3O/c1-10-4-2-5-11(16)14(10)15(19)17-12-7-9-18-8-3-6-13(12)18/h10-14H,2-9,16H2,1H3,(H,17,19). The van der Waals surface area contributed by atoms with Gasteiger partial charge >= 0.3 is 0 Å². The zero-order chi connectivity index (χ0) is 13.4. The Bertz CT molecular complexity index is 336. The number of hydrogen-bond acceptors (Lipinski definition) is 3. The highest BCUT2D eigenvalue weighted by Crippen LogP contribution is 2.31. The van der Waals surface area contributed by atoms with E-state index in [9.17, 15) is 4.79 Å². The Morgan fingerprint density at radius 1 is 1.16 bits per heavy atom. The van der Waals surface area contributed by atoms with Crippen LogP contribution in [0.15, 0.2) is 0 Å². The molecule has 4 nitrogen and oxygen atoms in total. The summed E-state index contributed by atoms with van der Waals surface area (Å²) >= 11 is 0. The molecule has 5 unspecified atom stereocenters. The Morgan fingerprint density at radius 2 is 2.00 bits per heavy atom. The third-order valence-corrected chi connectivity index (χ3v) is 5.51. The van der Waals surface area contributed by atoms with E-state index >= 15 is 0 Å². The van der Waals surface area contributed by atoms with E-state index in [1.165, 1.54) is 25.8 Å².